The average Bonchev–Trinajstić information content (AvgIpc) is 3.32. The van der Waals surface area contributed by atoms with Crippen molar-refractivity contribution in [1.29, 1.82) is 0 Å². The Hall–Kier alpha value is -3.19. The van der Waals surface area contributed by atoms with Crippen molar-refractivity contribution in [2.45, 2.75) is 33.2 Å². The monoisotopic (exact) mass is 430 g/mol. The molecule has 7 nitrogen and oxygen atoms in total. The van der Waals surface area contributed by atoms with E-state index < -0.39 is 0 Å². The molecular formula is C25H30N6O. The summed E-state index contributed by atoms with van der Waals surface area (Å²) in [4.78, 5) is 12.0. The molecule has 3 aromatic heterocycles. The summed E-state index contributed by atoms with van der Waals surface area (Å²) in [5, 5.41) is 7.76. The van der Waals surface area contributed by atoms with Gasteiger partial charge in [-0.3, -0.25) is 0 Å². The van der Waals surface area contributed by atoms with E-state index in [2.05, 4.69) is 57.3 Å². The fraction of sp³-hybridized carbons (Fsp3) is 0.400. The number of nitrogens with zero attached hydrogens (tertiary/aromatic N) is 5. The van der Waals surface area contributed by atoms with Gasteiger partial charge >= 0.3 is 0 Å². The molecule has 1 fully saturated rings. The lowest BCUT2D eigenvalue weighted by Crippen LogP contribution is -2.33. The van der Waals surface area contributed by atoms with E-state index in [0.29, 0.717) is 5.92 Å². The molecule has 1 N–H and O–H groups in total. The summed E-state index contributed by atoms with van der Waals surface area (Å²) < 4.78 is 7.63. The number of benzene rings is 1. The van der Waals surface area contributed by atoms with Gasteiger partial charge in [0, 0.05) is 23.9 Å². The van der Waals surface area contributed by atoms with Crippen LogP contribution in [0.4, 0.5) is 5.95 Å². The maximum absolute atomic E-state index is 5.39. The average molecular weight is 431 g/mol. The smallest absolute Gasteiger partial charge is 0.205 e. The quantitative estimate of drug-likeness (QED) is 0.485. The molecule has 1 saturated heterocycles. The molecule has 0 atom stereocenters. The number of hydrogen-bond acceptors (Lipinski definition) is 6. The minimum Gasteiger partial charge on any atom is -0.361 e. The topological polar surface area (TPSA) is 72.0 Å². The van der Waals surface area contributed by atoms with Gasteiger partial charge in [0.2, 0.25) is 5.95 Å². The number of imidazole rings is 1. The van der Waals surface area contributed by atoms with Crippen LogP contribution in [0.1, 0.15) is 29.9 Å². The molecule has 0 bridgehead atoms. The predicted octanol–water partition coefficient (Wildman–Crippen LogP) is 4.51. The SMILES string of the molecule is Cc1noc(C)c1-c1cnc2nc(NCC3CCN(C)CC3)n(Cc3ccccc3)c2c1. The number of aryl methyl sites for hydroxylation is 2. The van der Waals surface area contributed by atoms with E-state index in [-0.39, 0.29) is 0 Å². The van der Waals surface area contributed by atoms with Crippen LogP contribution in [-0.4, -0.2) is 51.3 Å². The van der Waals surface area contributed by atoms with Gasteiger partial charge in [-0.25, -0.2) is 4.98 Å². The summed E-state index contributed by atoms with van der Waals surface area (Å²) in [5.41, 5.74) is 5.88. The van der Waals surface area contributed by atoms with Crippen molar-refractivity contribution in [3.8, 4) is 11.1 Å². The predicted molar refractivity (Wildman–Crippen MR) is 127 cm³/mol. The molecule has 32 heavy (non-hydrogen) atoms. The zero-order valence-electron chi connectivity index (χ0n) is 19.0. The Morgan fingerprint density at radius 1 is 1.12 bits per heavy atom. The van der Waals surface area contributed by atoms with E-state index >= 15 is 0 Å². The number of likely N-dealkylation sites (tertiary alicyclic amines) is 1. The van der Waals surface area contributed by atoms with Crippen molar-refractivity contribution in [3.63, 3.8) is 0 Å². The largest absolute Gasteiger partial charge is 0.361 e. The Kier molecular flexibility index (Phi) is 5.66. The summed E-state index contributed by atoms with van der Waals surface area (Å²) in [6.07, 6.45) is 4.31. The lowest BCUT2D eigenvalue weighted by atomic mass is 9.97. The normalized spacial score (nSPS) is 15.5. The van der Waals surface area contributed by atoms with Crippen LogP contribution in [0.2, 0.25) is 0 Å². The first-order chi connectivity index (χ1) is 15.6. The van der Waals surface area contributed by atoms with Gasteiger partial charge < -0.3 is 19.3 Å². The third-order valence-corrected chi connectivity index (χ3v) is 6.50. The molecule has 0 spiro atoms. The van der Waals surface area contributed by atoms with E-state index in [0.717, 1.165) is 65.9 Å². The summed E-state index contributed by atoms with van der Waals surface area (Å²) >= 11 is 0. The second-order valence-electron chi connectivity index (χ2n) is 8.90. The Morgan fingerprint density at radius 2 is 1.91 bits per heavy atom. The number of nitrogens with one attached hydrogen (secondary N) is 1. The van der Waals surface area contributed by atoms with Gasteiger partial charge in [-0.15, -0.1) is 0 Å². The first kappa shape index (κ1) is 20.7. The van der Waals surface area contributed by atoms with Crippen LogP contribution in [0.5, 0.6) is 0 Å². The number of aromatic nitrogens is 4. The molecule has 0 saturated carbocycles. The Morgan fingerprint density at radius 3 is 2.62 bits per heavy atom. The summed E-state index contributed by atoms with van der Waals surface area (Å²) in [6.45, 7) is 7.90. The van der Waals surface area contributed by atoms with Crippen LogP contribution in [0.15, 0.2) is 47.1 Å². The Labute approximate surface area is 188 Å². The number of fused-ring (bicyclic) bond motifs is 1. The highest BCUT2D eigenvalue weighted by Gasteiger charge is 2.20. The molecule has 4 aromatic rings. The van der Waals surface area contributed by atoms with E-state index in [1.165, 1.54) is 18.4 Å². The third-order valence-electron chi connectivity index (χ3n) is 6.50. The summed E-state index contributed by atoms with van der Waals surface area (Å²) in [6, 6.07) is 12.7. The van der Waals surface area contributed by atoms with Gasteiger partial charge in [0.1, 0.15) is 5.76 Å². The molecule has 0 amide bonds. The molecule has 0 aliphatic carbocycles. The lowest BCUT2D eigenvalue weighted by molar-refractivity contribution is 0.226. The van der Waals surface area contributed by atoms with E-state index in [9.17, 15) is 0 Å². The highest BCUT2D eigenvalue weighted by atomic mass is 16.5. The molecule has 7 heteroatoms. The van der Waals surface area contributed by atoms with Gasteiger partial charge in [0.25, 0.3) is 0 Å². The van der Waals surface area contributed by atoms with Crippen LogP contribution >= 0.6 is 0 Å². The molecule has 1 aromatic carbocycles. The number of rotatable bonds is 6. The lowest BCUT2D eigenvalue weighted by Gasteiger charge is -2.29. The molecule has 4 heterocycles. The molecular weight excluding hydrogens is 400 g/mol. The number of pyridine rings is 1. The summed E-state index contributed by atoms with van der Waals surface area (Å²) in [5.74, 6) is 2.35. The van der Waals surface area contributed by atoms with E-state index in [1.807, 2.05) is 26.1 Å². The highest BCUT2D eigenvalue weighted by Crippen LogP contribution is 2.30. The second-order valence-corrected chi connectivity index (χ2v) is 8.90. The first-order valence-electron chi connectivity index (χ1n) is 11.3. The third kappa shape index (κ3) is 4.12. The van der Waals surface area contributed by atoms with Crippen molar-refractivity contribution in [1.82, 2.24) is 24.6 Å². The molecule has 5 rings (SSSR count). The molecule has 0 unspecified atom stereocenters. The van der Waals surface area contributed by atoms with Crippen molar-refractivity contribution in [3.05, 3.63) is 59.6 Å². The van der Waals surface area contributed by atoms with Gasteiger partial charge in [-0.1, -0.05) is 35.5 Å². The zero-order valence-corrected chi connectivity index (χ0v) is 19.0. The maximum Gasteiger partial charge on any atom is 0.205 e. The first-order valence-corrected chi connectivity index (χ1v) is 11.3. The summed E-state index contributed by atoms with van der Waals surface area (Å²) in [7, 11) is 2.20. The van der Waals surface area contributed by atoms with E-state index in [1.54, 1.807) is 0 Å². The minimum atomic E-state index is 0.669. The standard InChI is InChI=1S/C25H30N6O/c1-17-23(18(2)32-29-17)21-13-22-24(26-15-21)28-25(27-14-19-9-11-30(3)12-10-19)31(22)16-20-7-5-4-6-8-20/h4-8,13,15,19H,9-12,14,16H2,1-3H3,(H,26,27,28). The Balaban J connectivity index is 1.51. The Bertz CT molecular complexity index is 1180. The van der Waals surface area contributed by atoms with Crippen molar-refractivity contribution >= 4 is 17.1 Å². The van der Waals surface area contributed by atoms with Crippen molar-refractivity contribution in [2.24, 2.45) is 5.92 Å². The second kappa shape index (κ2) is 8.74. The van der Waals surface area contributed by atoms with Gasteiger partial charge in [0.05, 0.1) is 17.8 Å². The molecule has 166 valence electrons. The molecule has 1 aliphatic heterocycles. The highest BCUT2D eigenvalue weighted by molar-refractivity contribution is 5.81. The van der Waals surface area contributed by atoms with Crippen LogP contribution in [0, 0.1) is 19.8 Å². The van der Waals surface area contributed by atoms with Gasteiger partial charge in [0.15, 0.2) is 5.65 Å². The molecule has 0 radical (unpaired) electrons. The number of piperidine rings is 1. The van der Waals surface area contributed by atoms with Crippen LogP contribution in [-0.2, 0) is 6.54 Å². The number of anilines is 1. The van der Waals surface area contributed by atoms with E-state index in [4.69, 9.17) is 14.5 Å². The molecule has 1 aliphatic rings. The fourth-order valence-corrected chi connectivity index (χ4v) is 4.60. The van der Waals surface area contributed by atoms with Crippen LogP contribution in [0.3, 0.4) is 0 Å². The van der Waals surface area contributed by atoms with Crippen molar-refractivity contribution in [2.75, 3.05) is 32.0 Å². The zero-order chi connectivity index (χ0) is 22.1. The number of hydrogen-bond donors (Lipinski definition) is 1. The minimum absolute atomic E-state index is 0.669. The van der Waals surface area contributed by atoms with Crippen LogP contribution in [0.25, 0.3) is 22.3 Å². The van der Waals surface area contributed by atoms with Crippen LogP contribution < -0.4 is 5.32 Å². The van der Waals surface area contributed by atoms with Gasteiger partial charge in [-0.05, 0) is 64.4 Å². The fourth-order valence-electron chi connectivity index (χ4n) is 4.60. The maximum atomic E-state index is 5.39. The van der Waals surface area contributed by atoms with Crippen molar-refractivity contribution < 1.29 is 4.52 Å². The van der Waals surface area contributed by atoms with Gasteiger partial charge in [-0.2, -0.15) is 4.98 Å².